The SMILES string of the molecule is Cc1cc(C)c(C2(O)Cc3ccccc3C2)cc1C. The maximum atomic E-state index is 11.1. The van der Waals surface area contributed by atoms with E-state index in [1.807, 2.05) is 0 Å². The smallest absolute Gasteiger partial charge is 0.0979 e. The Morgan fingerprint density at radius 2 is 1.37 bits per heavy atom. The van der Waals surface area contributed by atoms with Crippen molar-refractivity contribution in [2.24, 2.45) is 0 Å². The summed E-state index contributed by atoms with van der Waals surface area (Å²) in [6.07, 6.45) is 1.46. The highest BCUT2D eigenvalue weighted by Gasteiger charge is 2.37. The Morgan fingerprint density at radius 1 is 0.842 bits per heavy atom. The lowest BCUT2D eigenvalue weighted by Gasteiger charge is -2.26. The van der Waals surface area contributed by atoms with Gasteiger partial charge in [0.15, 0.2) is 0 Å². The normalized spacial score (nSPS) is 16.4. The highest BCUT2D eigenvalue weighted by Crippen LogP contribution is 2.39. The highest BCUT2D eigenvalue weighted by atomic mass is 16.3. The molecule has 1 aliphatic rings. The first-order valence-electron chi connectivity index (χ1n) is 6.87. The molecule has 2 aromatic rings. The fraction of sp³-hybridized carbons (Fsp3) is 0.333. The van der Waals surface area contributed by atoms with Crippen molar-refractivity contribution in [2.45, 2.75) is 39.2 Å². The molecule has 98 valence electrons. The van der Waals surface area contributed by atoms with E-state index in [2.05, 4.69) is 57.2 Å². The maximum Gasteiger partial charge on any atom is 0.0979 e. The van der Waals surface area contributed by atoms with Gasteiger partial charge >= 0.3 is 0 Å². The molecule has 0 unspecified atom stereocenters. The van der Waals surface area contributed by atoms with Crippen LogP contribution in [0.2, 0.25) is 0 Å². The van der Waals surface area contributed by atoms with Crippen LogP contribution >= 0.6 is 0 Å². The molecule has 3 rings (SSSR count). The van der Waals surface area contributed by atoms with Crippen molar-refractivity contribution < 1.29 is 5.11 Å². The zero-order valence-corrected chi connectivity index (χ0v) is 11.8. The van der Waals surface area contributed by atoms with Crippen molar-refractivity contribution in [2.75, 3.05) is 0 Å². The van der Waals surface area contributed by atoms with E-state index in [4.69, 9.17) is 0 Å². The molecule has 0 spiro atoms. The molecule has 0 amide bonds. The lowest BCUT2D eigenvalue weighted by molar-refractivity contribution is 0.0475. The summed E-state index contributed by atoms with van der Waals surface area (Å²) in [5, 5.41) is 11.1. The summed E-state index contributed by atoms with van der Waals surface area (Å²) in [6.45, 7) is 6.34. The van der Waals surface area contributed by atoms with Gasteiger partial charge in [-0.2, -0.15) is 0 Å². The van der Waals surface area contributed by atoms with E-state index in [1.54, 1.807) is 0 Å². The van der Waals surface area contributed by atoms with E-state index < -0.39 is 5.60 Å². The molecule has 1 nitrogen and oxygen atoms in total. The molecule has 0 saturated carbocycles. The van der Waals surface area contributed by atoms with Crippen LogP contribution in [0.25, 0.3) is 0 Å². The van der Waals surface area contributed by atoms with Gasteiger partial charge in [0.2, 0.25) is 0 Å². The predicted molar refractivity (Wildman–Crippen MR) is 78.4 cm³/mol. The number of hydrogen-bond donors (Lipinski definition) is 1. The number of hydrogen-bond acceptors (Lipinski definition) is 1. The third kappa shape index (κ3) is 1.98. The van der Waals surface area contributed by atoms with E-state index in [0.717, 1.165) is 18.4 Å². The van der Waals surface area contributed by atoms with Crippen LogP contribution in [0.15, 0.2) is 36.4 Å². The average Bonchev–Trinajstić information content (AvgIpc) is 2.70. The van der Waals surface area contributed by atoms with Crippen LogP contribution < -0.4 is 0 Å². The first kappa shape index (κ1) is 12.4. The van der Waals surface area contributed by atoms with E-state index in [1.165, 1.54) is 27.8 Å². The van der Waals surface area contributed by atoms with Gasteiger partial charge in [-0.3, -0.25) is 0 Å². The van der Waals surface area contributed by atoms with Gasteiger partial charge in [0.1, 0.15) is 0 Å². The number of fused-ring (bicyclic) bond motifs is 1. The molecule has 0 radical (unpaired) electrons. The van der Waals surface area contributed by atoms with Crippen LogP contribution in [0.5, 0.6) is 0 Å². The van der Waals surface area contributed by atoms with Crippen molar-refractivity contribution in [3.63, 3.8) is 0 Å². The molecule has 1 N–H and O–H groups in total. The van der Waals surface area contributed by atoms with Crippen molar-refractivity contribution in [3.05, 3.63) is 69.8 Å². The molecular weight excluding hydrogens is 232 g/mol. The first-order valence-corrected chi connectivity index (χ1v) is 6.87. The lowest BCUT2D eigenvalue weighted by atomic mass is 9.85. The van der Waals surface area contributed by atoms with E-state index >= 15 is 0 Å². The summed E-state index contributed by atoms with van der Waals surface area (Å²) in [7, 11) is 0. The number of benzene rings is 2. The summed E-state index contributed by atoms with van der Waals surface area (Å²) in [5.74, 6) is 0. The Labute approximate surface area is 114 Å². The third-order valence-corrected chi connectivity index (χ3v) is 4.43. The van der Waals surface area contributed by atoms with E-state index in [-0.39, 0.29) is 0 Å². The standard InChI is InChI=1S/C18H20O/c1-12-8-14(3)17(9-13(12)2)18(19)10-15-6-4-5-7-16(15)11-18/h4-9,19H,10-11H2,1-3H3. The number of aliphatic hydroxyl groups is 1. The molecule has 0 aliphatic heterocycles. The first-order chi connectivity index (χ1) is 8.99. The Bertz CT molecular complexity index is 615. The lowest BCUT2D eigenvalue weighted by Crippen LogP contribution is -2.27. The molecular formula is C18H20O. The Kier molecular flexibility index (Phi) is 2.75. The van der Waals surface area contributed by atoms with Gasteiger partial charge in [0.05, 0.1) is 5.60 Å². The van der Waals surface area contributed by atoms with Gasteiger partial charge in [-0.15, -0.1) is 0 Å². The Morgan fingerprint density at radius 3 is 1.95 bits per heavy atom. The Hall–Kier alpha value is -1.60. The molecule has 1 heteroatoms. The van der Waals surface area contributed by atoms with Crippen LogP contribution in [-0.2, 0) is 18.4 Å². The minimum absolute atomic E-state index is 0.729. The van der Waals surface area contributed by atoms with Crippen LogP contribution in [-0.4, -0.2) is 5.11 Å². The molecule has 0 atom stereocenters. The highest BCUT2D eigenvalue weighted by molar-refractivity contribution is 5.45. The van der Waals surface area contributed by atoms with Crippen LogP contribution in [0, 0.1) is 20.8 Å². The molecule has 0 bridgehead atoms. The second-order valence-electron chi connectivity index (χ2n) is 5.91. The van der Waals surface area contributed by atoms with Crippen molar-refractivity contribution in [3.8, 4) is 0 Å². The number of rotatable bonds is 1. The van der Waals surface area contributed by atoms with Gasteiger partial charge < -0.3 is 5.11 Å². The van der Waals surface area contributed by atoms with Gasteiger partial charge in [-0.1, -0.05) is 36.4 Å². The van der Waals surface area contributed by atoms with E-state index in [0.29, 0.717) is 0 Å². The monoisotopic (exact) mass is 252 g/mol. The van der Waals surface area contributed by atoms with Gasteiger partial charge in [-0.25, -0.2) is 0 Å². The van der Waals surface area contributed by atoms with Crippen molar-refractivity contribution >= 4 is 0 Å². The molecule has 0 heterocycles. The zero-order valence-electron chi connectivity index (χ0n) is 11.8. The van der Waals surface area contributed by atoms with Crippen LogP contribution in [0.4, 0.5) is 0 Å². The fourth-order valence-corrected chi connectivity index (χ4v) is 3.25. The Balaban J connectivity index is 2.07. The molecule has 0 saturated heterocycles. The molecule has 19 heavy (non-hydrogen) atoms. The third-order valence-electron chi connectivity index (χ3n) is 4.43. The predicted octanol–water partition coefficient (Wildman–Crippen LogP) is 3.60. The quantitative estimate of drug-likeness (QED) is 0.822. The van der Waals surface area contributed by atoms with Gasteiger partial charge in [0.25, 0.3) is 0 Å². The molecule has 1 aliphatic carbocycles. The average molecular weight is 252 g/mol. The van der Waals surface area contributed by atoms with E-state index in [9.17, 15) is 5.11 Å². The van der Waals surface area contributed by atoms with Crippen LogP contribution in [0.1, 0.15) is 33.4 Å². The number of aryl methyl sites for hydroxylation is 3. The summed E-state index contributed by atoms with van der Waals surface area (Å²) >= 11 is 0. The fourth-order valence-electron chi connectivity index (χ4n) is 3.25. The minimum Gasteiger partial charge on any atom is -0.384 e. The second kappa shape index (κ2) is 4.21. The van der Waals surface area contributed by atoms with Gasteiger partial charge in [0, 0.05) is 12.8 Å². The molecule has 2 aromatic carbocycles. The van der Waals surface area contributed by atoms with Crippen molar-refractivity contribution in [1.29, 1.82) is 0 Å². The summed E-state index contributed by atoms with van der Waals surface area (Å²) in [4.78, 5) is 0. The zero-order chi connectivity index (χ0) is 13.6. The summed E-state index contributed by atoms with van der Waals surface area (Å²) < 4.78 is 0. The summed E-state index contributed by atoms with van der Waals surface area (Å²) in [5.41, 5.74) is 6.66. The second-order valence-corrected chi connectivity index (χ2v) is 5.91. The van der Waals surface area contributed by atoms with Crippen LogP contribution in [0.3, 0.4) is 0 Å². The molecule has 0 fully saturated rings. The summed E-state index contributed by atoms with van der Waals surface area (Å²) in [6, 6.07) is 12.7. The molecule has 0 aromatic heterocycles. The minimum atomic E-state index is -0.730. The maximum absolute atomic E-state index is 11.1. The largest absolute Gasteiger partial charge is 0.384 e. The topological polar surface area (TPSA) is 20.2 Å². The van der Waals surface area contributed by atoms with Crippen molar-refractivity contribution in [1.82, 2.24) is 0 Å². The van der Waals surface area contributed by atoms with Gasteiger partial charge in [-0.05, 0) is 54.2 Å².